The maximum absolute atomic E-state index is 10.5. The topological polar surface area (TPSA) is 68.0 Å². The van der Waals surface area contributed by atoms with Gasteiger partial charge in [-0.1, -0.05) is 0 Å². The fourth-order valence-electron chi connectivity index (χ4n) is 2.49. The number of nitrogens with one attached hydrogen (secondary N) is 1. The number of aromatic nitrogens is 4. The molecule has 1 amide bonds. The molecule has 1 aliphatic rings. The third kappa shape index (κ3) is 7.51. The average molecular weight is 348 g/mol. The lowest BCUT2D eigenvalue weighted by Gasteiger charge is -2.12. The Kier molecular flexibility index (Phi) is 8.34. The average Bonchev–Trinajstić information content (AvgIpc) is 3.16. The van der Waals surface area contributed by atoms with Crippen molar-refractivity contribution in [2.45, 2.75) is 46.6 Å². The van der Waals surface area contributed by atoms with Gasteiger partial charge in [-0.3, -0.25) is 14.2 Å². The minimum atomic E-state index is -0.0800. The monoisotopic (exact) mass is 348 g/mol. The van der Waals surface area contributed by atoms with Crippen molar-refractivity contribution in [3.05, 3.63) is 29.7 Å². The number of carbonyl (C=O) groups excluding carboxylic acids is 1. The van der Waals surface area contributed by atoms with Crippen molar-refractivity contribution in [1.29, 1.82) is 0 Å². The molecule has 1 fully saturated rings. The number of rotatable bonds is 1. The van der Waals surface area contributed by atoms with Crippen LogP contribution in [0.4, 0.5) is 5.82 Å². The van der Waals surface area contributed by atoms with Crippen LogP contribution in [-0.4, -0.2) is 50.0 Å². The third-order valence-corrected chi connectivity index (χ3v) is 4.25. The van der Waals surface area contributed by atoms with Gasteiger partial charge in [0.1, 0.15) is 5.82 Å². The zero-order valence-electron chi connectivity index (χ0n) is 16.6. The van der Waals surface area contributed by atoms with Crippen LogP contribution in [0, 0.1) is 13.8 Å². The van der Waals surface area contributed by atoms with Gasteiger partial charge < -0.3 is 10.2 Å². The lowest BCUT2D eigenvalue weighted by Crippen LogP contribution is -2.20. The zero-order chi connectivity index (χ0) is 19.0. The molecule has 2 aromatic rings. The first-order valence-corrected chi connectivity index (χ1v) is 8.63. The Morgan fingerprint density at radius 2 is 1.92 bits per heavy atom. The Balaban J connectivity index is 0.000000191. The van der Waals surface area contributed by atoms with E-state index >= 15 is 0 Å². The summed E-state index contributed by atoms with van der Waals surface area (Å²) in [5.41, 5.74) is 2.30. The highest BCUT2D eigenvalue weighted by molar-refractivity contribution is 5.87. The molecule has 1 unspecified atom stereocenters. The van der Waals surface area contributed by atoms with Gasteiger partial charge in [-0.2, -0.15) is 10.2 Å². The number of hydrogen-bond donors (Lipinski definition) is 1. The maximum Gasteiger partial charge on any atom is 0.222 e. The molecule has 7 heteroatoms. The van der Waals surface area contributed by atoms with Crippen LogP contribution < -0.4 is 5.32 Å². The quantitative estimate of drug-likeness (QED) is 0.860. The van der Waals surface area contributed by atoms with Crippen LogP contribution in [0.5, 0.6) is 0 Å². The summed E-state index contributed by atoms with van der Waals surface area (Å²) in [5.74, 6) is 0.635. The molecular formula is C18H32N6O. The summed E-state index contributed by atoms with van der Waals surface area (Å²) in [6.45, 7) is 9.09. The van der Waals surface area contributed by atoms with E-state index in [4.69, 9.17) is 0 Å². The number of aryl methyl sites for hydroxylation is 4. The van der Waals surface area contributed by atoms with Crippen molar-refractivity contribution in [3.8, 4) is 0 Å². The highest BCUT2D eigenvalue weighted by Gasteiger charge is 2.14. The number of hydrogen-bond acceptors (Lipinski definition) is 4. The zero-order valence-corrected chi connectivity index (χ0v) is 16.6. The first-order chi connectivity index (χ1) is 11.7. The number of nitrogens with zero attached hydrogens (tertiary/aromatic N) is 5. The smallest absolute Gasteiger partial charge is 0.222 e. The summed E-state index contributed by atoms with van der Waals surface area (Å²) in [4.78, 5) is 12.9. The summed E-state index contributed by atoms with van der Waals surface area (Å²) in [7, 11) is 5.91. The molecule has 1 N–H and O–H groups in total. The van der Waals surface area contributed by atoms with E-state index < -0.39 is 0 Å². The molecule has 1 atom stereocenters. The first kappa shape index (κ1) is 20.9. The molecule has 1 aliphatic heterocycles. The predicted octanol–water partition coefficient (Wildman–Crippen LogP) is 2.52. The van der Waals surface area contributed by atoms with Crippen molar-refractivity contribution in [2.24, 2.45) is 14.1 Å². The SMILES string of the molecule is CC(=O)Nc1ccnn1C.CC1CCCN1C.Cc1cc(C)n(C)n1. The van der Waals surface area contributed by atoms with E-state index in [9.17, 15) is 4.79 Å². The molecule has 25 heavy (non-hydrogen) atoms. The highest BCUT2D eigenvalue weighted by Crippen LogP contribution is 2.12. The largest absolute Gasteiger partial charge is 0.311 e. The number of amides is 1. The first-order valence-electron chi connectivity index (χ1n) is 8.63. The van der Waals surface area contributed by atoms with Gasteiger partial charge in [0.15, 0.2) is 0 Å². The second kappa shape index (κ2) is 9.98. The van der Waals surface area contributed by atoms with Crippen LogP contribution in [0.2, 0.25) is 0 Å². The summed E-state index contributed by atoms with van der Waals surface area (Å²) in [6.07, 6.45) is 4.43. The fraction of sp³-hybridized carbons (Fsp3) is 0.611. The van der Waals surface area contributed by atoms with Gasteiger partial charge in [-0.25, -0.2) is 0 Å². The second-order valence-electron chi connectivity index (χ2n) is 6.54. The normalized spacial score (nSPS) is 16.5. The van der Waals surface area contributed by atoms with E-state index in [0.717, 1.165) is 11.7 Å². The van der Waals surface area contributed by atoms with E-state index in [2.05, 4.69) is 40.5 Å². The Labute approximate surface area is 151 Å². The van der Waals surface area contributed by atoms with Crippen LogP contribution in [0.3, 0.4) is 0 Å². The van der Waals surface area contributed by atoms with Crippen molar-refractivity contribution in [2.75, 3.05) is 18.9 Å². The lowest BCUT2D eigenvalue weighted by atomic mass is 10.3. The second-order valence-corrected chi connectivity index (χ2v) is 6.54. The molecule has 0 radical (unpaired) electrons. The minimum absolute atomic E-state index is 0.0800. The molecule has 3 heterocycles. The van der Waals surface area contributed by atoms with Crippen molar-refractivity contribution in [3.63, 3.8) is 0 Å². The van der Waals surface area contributed by atoms with Crippen molar-refractivity contribution in [1.82, 2.24) is 24.5 Å². The molecule has 1 saturated heterocycles. The fourth-order valence-corrected chi connectivity index (χ4v) is 2.49. The van der Waals surface area contributed by atoms with Crippen LogP contribution in [0.25, 0.3) is 0 Å². The summed E-state index contributed by atoms with van der Waals surface area (Å²) in [6, 6.07) is 4.64. The van der Waals surface area contributed by atoms with Gasteiger partial charge in [0.2, 0.25) is 5.91 Å². The Bertz CT molecular complexity index is 633. The molecule has 7 nitrogen and oxygen atoms in total. The molecule has 0 aromatic carbocycles. The van der Waals surface area contributed by atoms with Crippen LogP contribution in [0.1, 0.15) is 38.1 Å². The van der Waals surface area contributed by atoms with Crippen LogP contribution in [0.15, 0.2) is 18.3 Å². The Morgan fingerprint density at radius 1 is 1.24 bits per heavy atom. The molecule has 0 aliphatic carbocycles. The van der Waals surface area contributed by atoms with Gasteiger partial charge in [0, 0.05) is 38.8 Å². The van der Waals surface area contributed by atoms with E-state index in [1.165, 1.54) is 32.0 Å². The van der Waals surface area contributed by atoms with Gasteiger partial charge in [-0.05, 0) is 53.3 Å². The van der Waals surface area contributed by atoms with Gasteiger partial charge in [0.05, 0.1) is 11.9 Å². The highest BCUT2D eigenvalue weighted by atomic mass is 16.1. The molecule has 140 valence electrons. The number of carbonyl (C=O) groups is 1. The molecule has 2 aromatic heterocycles. The van der Waals surface area contributed by atoms with E-state index in [1.807, 2.05) is 25.6 Å². The molecule has 0 saturated carbocycles. The third-order valence-electron chi connectivity index (χ3n) is 4.25. The van der Waals surface area contributed by atoms with Crippen LogP contribution >= 0.6 is 0 Å². The maximum atomic E-state index is 10.5. The Hall–Kier alpha value is -2.15. The minimum Gasteiger partial charge on any atom is -0.311 e. The molecule has 3 rings (SSSR count). The standard InChI is InChI=1S/C6H9N3O.C6H10N2.C6H13N/c1-5(10)8-6-3-4-7-9(6)2;1-5-4-6(2)8(3)7-5;1-6-4-3-5-7(6)2/h3-4H,1-2H3,(H,8,10);4H,1-3H3;6H,3-5H2,1-2H3. The van der Waals surface area contributed by atoms with Gasteiger partial charge >= 0.3 is 0 Å². The van der Waals surface area contributed by atoms with Gasteiger partial charge in [-0.15, -0.1) is 0 Å². The van der Waals surface area contributed by atoms with E-state index in [0.29, 0.717) is 5.82 Å². The van der Waals surface area contributed by atoms with Crippen LogP contribution in [-0.2, 0) is 18.9 Å². The van der Waals surface area contributed by atoms with E-state index in [-0.39, 0.29) is 5.91 Å². The summed E-state index contributed by atoms with van der Waals surface area (Å²) in [5, 5.41) is 10.6. The predicted molar refractivity (Wildman–Crippen MR) is 102 cm³/mol. The van der Waals surface area contributed by atoms with Gasteiger partial charge in [0.25, 0.3) is 0 Å². The Morgan fingerprint density at radius 3 is 2.16 bits per heavy atom. The number of anilines is 1. The number of likely N-dealkylation sites (tertiary alicyclic amines) is 1. The molecule has 0 bridgehead atoms. The summed E-state index contributed by atoms with van der Waals surface area (Å²) < 4.78 is 3.47. The van der Waals surface area contributed by atoms with Crippen molar-refractivity contribution >= 4 is 11.7 Å². The molecular weight excluding hydrogens is 316 g/mol. The van der Waals surface area contributed by atoms with E-state index in [1.54, 1.807) is 24.0 Å². The lowest BCUT2D eigenvalue weighted by molar-refractivity contribution is -0.114. The molecule has 0 spiro atoms. The summed E-state index contributed by atoms with van der Waals surface area (Å²) >= 11 is 0. The van der Waals surface area contributed by atoms with Crippen molar-refractivity contribution < 1.29 is 4.79 Å².